The maximum Gasteiger partial charge on any atom is 0 e. The number of hydrogen-bond donors (Lipinski definition) is 0. The van der Waals surface area contributed by atoms with Crippen molar-refractivity contribution in [3.05, 3.63) is 5.73 Å². The second kappa shape index (κ2) is 18.9. The Morgan fingerprint density at radius 1 is 1.25 bits per heavy atom. The fraction of sp³-hybridized carbons (Fsp3) is 1.00. The average molecular weight is 261 g/mol. The molecule has 0 aliphatic rings. The van der Waals surface area contributed by atoms with Gasteiger partial charge in [0.05, 0.1) is 0 Å². The van der Waals surface area contributed by atoms with E-state index in [1.807, 2.05) is 0 Å². The molecule has 0 aromatic rings. The van der Waals surface area contributed by atoms with Gasteiger partial charge >= 0.3 is 0 Å². The third-order valence-electron chi connectivity index (χ3n) is 0. The van der Waals surface area contributed by atoms with Crippen molar-refractivity contribution in [3.63, 3.8) is 0 Å². The summed E-state index contributed by atoms with van der Waals surface area (Å²) in [6.45, 7) is 0. The fourth-order valence-corrected chi connectivity index (χ4v) is 0. The maximum absolute atomic E-state index is 5.75. The SMILES string of the molecule is C[NH-].[Ce].[Zr]. The molecule has 0 atom stereocenters. The van der Waals surface area contributed by atoms with Crippen molar-refractivity contribution in [3.8, 4) is 0 Å². The van der Waals surface area contributed by atoms with Crippen LogP contribution < -0.4 is 0 Å². The number of rotatable bonds is 0. The Hall–Kier alpha value is 2.22. The van der Waals surface area contributed by atoms with Crippen LogP contribution in [-0.4, -0.2) is 7.05 Å². The third kappa shape index (κ3) is 8.88. The minimum absolute atomic E-state index is 0. The molecule has 0 fully saturated rings. The van der Waals surface area contributed by atoms with Gasteiger partial charge in [-0.1, -0.05) is 0 Å². The summed E-state index contributed by atoms with van der Waals surface area (Å²) < 4.78 is 0. The molecular weight excluding hydrogens is 257 g/mol. The van der Waals surface area contributed by atoms with E-state index in [1.165, 1.54) is 7.05 Å². The van der Waals surface area contributed by atoms with E-state index >= 15 is 0 Å². The molecule has 0 radical (unpaired) electrons. The summed E-state index contributed by atoms with van der Waals surface area (Å²) in [6, 6.07) is 0. The van der Waals surface area contributed by atoms with Gasteiger partial charge in [-0.15, -0.1) is 0 Å². The van der Waals surface area contributed by atoms with Crippen LogP contribution in [0.15, 0.2) is 0 Å². The zero-order valence-electron chi connectivity index (χ0n) is 2.50. The van der Waals surface area contributed by atoms with Gasteiger partial charge in [0, 0.05) is 68.0 Å². The second-order valence-electron chi connectivity index (χ2n) is 0. The summed E-state index contributed by atoms with van der Waals surface area (Å²) in [6.07, 6.45) is 0. The Morgan fingerprint density at radius 2 is 1.25 bits per heavy atom. The minimum Gasteiger partial charge on any atom is -0.680 e. The summed E-state index contributed by atoms with van der Waals surface area (Å²) in [5, 5.41) is 0. The molecule has 0 aromatic carbocycles. The smallest absolute Gasteiger partial charge is 0 e. The van der Waals surface area contributed by atoms with Crippen molar-refractivity contribution in [1.29, 1.82) is 0 Å². The Morgan fingerprint density at radius 3 is 1.25 bits per heavy atom. The zero-order valence-corrected chi connectivity index (χ0v) is 8.10. The van der Waals surface area contributed by atoms with E-state index in [9.17, 15) is 0 Å². The summed E-state index contributed by atoms with van der Waals surface area (Å²) in [7, 11) is 1.25. The van der Waals surface area contributed by atoms with Crippen molar-refractivity contribution in [2.24, 2.45) is 0 Å². The van der Waals surface area contributed by atoms with Gasteiger partial charge < -0.3 is 5.73 Å². The van der Waals surface area contributed by atoms with Crippen molar-refractivity contribution in [2.75, 3.05) is 7.05 Å². The molecule has 0 rings (SSSR count). The molecular formula is CH4CeNZr-. The molecule has 0 aliphatic carbocycles. The molecule has 0 amide bonds. The minimum atomic E-state index is 0. The van der Waals surface area contributed by atoms with Gasteiger partial charge in [0.25, 0.3) is 0 Å². The van der Waals surface area contributed by atoms with Crippen LogP contribution in [0.1, 0.15) is 0 Å². The van der Waals surface area contributed by atoms with Crippen LogP contribution in [0.3, 0.4) is 0 Å². The van der Waals surface area contributed by atoms with E-state index in [2.05, 4.69) is 0 Å². The molecule has 22 valence electrons. The van der Waals surface area contributed by atoms with Gasteiger partial charge in [-0.05, 0) is 0 Å². The molecule has 0 spiro atoms. The topological polar surface area (TPSA) is 23.8 Å². The molecule has 0 bridgehead atoms. The predicted molar refractivity (Wildman–Crippen MR) is 10.2 cm³/mol. The van der Waals surface area contributed by atoms with Gasteiger partial charge in [-0.3, -0.25) is 0 Å². The van der Waals surface area contributed by atoms with Crippen LogP contribution in [0.2, 0.25) is 0 Å². The molecule has 0 saturated heterocycles. The van der Waals surface area contributed by atoms with E-state index in [0.717, 1.165) is 0 Å². The van der Waals surface area contributed by atoms with E-state index < -0.39 is 0 Å². The van der Waals surface area contributed by atoms with Gasteiger partial charge in [0.2, 0.25) is 0 Å². The molecule has 3 heteroatoms. The van der Waals surface area contributed by atoms with Crippen molar-refractivity contribution in [2.45, 2.75) is 0 Å². The van der Waals surface area contributed by atoms with Crippen LogP contribution in [0.5, 0.6) is 0 Å². The third-order valence-corrected chi connectivity index (χ3v) is 0. The largest absolute Gasteiger partial charge is 0.680 e. The van der Waals surface area contributed by atoms with E-state index in [4.69, 9.17) is 5.73 Å². The molecule has 0 aromatic heterocycles. The van der Waals surface area contributed by atoms with Crippen molar-refractivity contribution in [1.82, 2.24) is 0 Å². The molecule has 0 aliphatic heterocycles. The molecule has 1 N–H and O–H groups in total. The quantitative estimate of drug-likeness (QED) is 0.612. The molecule has 1 nitrogen and oxygen atoms in total. The second-order valence-corrected chi connectivity index (χ2v) is 0. The summed E-state index contributed by atoms with van der Waals surface area (Å²) in [5.41, 5.74) is 5.75. The first-order valence-electron chi connectivity index (χ1n) is 0.500. The standard InChI is InChI=1S/CH4N.Ce.Zr/c1-2;;/h2H,1H3;;/q-1;;. The van der Waals surface area contributed by atoms with Crippen LogP contribution >= 0.6 is 0 Å². The summed E-state index contributed by atoms with van der Waals surface area (Å²) in [5.74, 6) is 0. The van der Waals surface area contributed by atoms with Crippen LogP contribution in [-0.2, 0) is 26.2 Å². The van der Waals surface area contributed by atoms with Crippen LogP contribution in [0, 0.1) is 41.7 Å². The summed E-state index contributed by atoms with van der Waals surface area (Å²) >= 11 is 0. The first kappa shape index (κ1) is 16.3. The predicted octanol–water partition coefficient (Wildman–Crippen LogP) is 0.666. The number of nitrogens with one attached hydrogen (secondary N) is 1. The van der Waals surface area contributed by atoms with E-state index in [-0.39, 0.29) is 68.0 Å². The maximum atomic E-state index is 5.75. The first-order chi connectivity index (χ1) is 1.00. The molecule has 0 saturated carbocycles. The van der Waals surface area contributed by atoms with Gasteiger partial charge in [-0.2, -0.15) is 7.05 Å². The Labute approximate surface area is 79.2 Å². The fourth-order valence-electron chi connectivity index (χ4n) is 0. The molecule has 4 heavy (non-hydrogen) atoms. The van der Waals surface area contributed by atoms with Crippen molar-refractivity contribution >= 4 is 0 Å². The van der Waals surface area contributed by atoms with E-state index in [1.54, 1.807) is 0 Å². The molecule has 0 heterocycles. The normalized spacial score (nSPS) is 1.50. The van der Waals surface area contributed by atoms with Gasteiger partial charge in [0.1, 0.15) is 0 Å². The van der Waals surface area contributed by atoms with E-state index in [0.29, 0.717) is 0 Å². The Bertz CT molecular complexity index is 8.00. The Kier molecular flexibility index (Phi) is 77.1. The monoisotopic (exact) mass is 260 g/mol. The van der Waals surface area contributed by atoms with Crippen LogP contribution in [0.25, 0.3) is 5.73 Å². The first-order valence-corrected chi connectivity index (χ1v) is 0.500. The Balaban J connectivity index is -0.00000000500. The van der Waals surface area contributed by atoms with Gasteiger partial charge in [-0.25, -0.2) is 0 Å². The van der Waals surface area contributed by atoms with Gasteiger partial charge in [0.15, 0.2) is 0 Å². The summed E-state index contributed by atoms with van der Waals surface area (Å²) in [4.78, 5) is 0. The van der Waals surface area contributed by atoms with Crippen LogP contribution in [0.4, 0.5) is 0 Å². The average Bonchev–Trinajstić information content (AvgIpc) is 1.00. The molecule has 0 unspecified atom stereocenters. The zero-order chi connectivity index (χ0) is 2.00. The van der Waals surface area contributed by atoms with Crippen molar-refractivity contribution < 1.29 is 68.0 Å². The number of hydrogen-bond acceptors (Lipinski definition) is 0.